The predicted octanol–water partition coefficient (Wildman–Crippen LogP) is 3.32. The van der Waals surface area contributed by atoms with E-state index in [-0.39, 0.29) is 0 Å². The Bertz CT molecular complexity index is 440. The second-order valence-electron chi connectivity index (χ2n) is 6.97. The number of aryl methyl sites for hydroxylation is 1. The van der Waals surface area contributed by atoms with Gasteiger partial charge in [-0.1, -0.05) is 20.3 Å². The van der Waals surface area contributed by atoms with Crippen LogP contribution in [0, 0.1) is 18.8 Å². The van der Waals surface area contributed by atoms with Gasteiger partial charge in [0.1, 0.15) is 11.5 Å². The summed E-state index contributed by atoms with van der Waals surface area (Å²) in [7, 11) is 0. The Labute approximate surface area is 122 Å². The highest BCUT2D eigenvalue weighted by atomic mass is 16.3. The molecule has 3 rings (SSSR count). The summed E-state index contributed by atoms with van der Waals surface area (Å²) < 4.78 is 5.88. The minimum atomic E-state index is 0.502. The van der Waals surface area contributed by atoms with Crippen molar-refractivity contribution in [2.24, 2.45) is 11.8 Å². The Morgan fingerprint density at radius 3 is 2.65 bits per heavy atom. The monoisotopic (exact) mass is 276 g/mol. The molecule has 2 heterocycles. The molecule has 2 aliphatic rings. The van der Waals surface area contributed by atoms with Crippen LogP contribution in [-0.4, -0.2) is 24.0 Å². The van der Waals surface area contributed by atoms with E-state index in [4.69, 9.17) is 4.42 Å². The lowest BCUT2D eigenvalue weighted by Crippen LogP contribution is -2.22. The molecule has 0 aromatic carbocycles. The first-order chi connectivity index (χ1) is 9.61. The maximum atomic E-state index is 5.88. The number of rotatable bonds is 5. The number of furan rings is 1. The van der Waals surface area contributed by atoms with Crippen LogP contribution >= 0.6 is 0 Å². The molecule has 0 radical (unpaired) electrons. The summed E-state index contributed by atoms with van der Waals surface area (Å²) in [5.74, 6) is 4.13. The first-order valence-electron chi connectivity index (χ1n) is 8.15. The van der Waals surface area contributed by atoms with Crippen molar-refractivity contribution >= 4 is 0 Å². The molecule has 1 saturated heterocycles. The number of fused-ring (bicyclic) bond motifs is 1. The van der Waals surface area contributed by atoms with Crippen molar-refractivity contribution in [3.8, 4) is 0 Å². The quantitative estimate of drug-likeness (QED) is 0.894. The lowest BCUT2D eigenvalue weighted by Gasteiger charge is -2.15. The third-order valence-corrected chi connectivity index (χ3v) is 4.95. The van der Waals surface area contributed by atoms with Gasteiger partial charge in [-0.2, -0.15) is 0 Å². The van der Waals surface area contributed by atoms with E-state index in [2.05, 4.69) is 37.1 Å². The fourth-order valence-electron chi connectivity index (χ4n) is 3.84. The lowest BCUT2D eigenvalue weighted by atomic mass is 10.0. The molecular weight excluding hydrogens is 248 g/mol. The van der Waals surface area contributed by atoms with Gasteiger partial charge in [-0.3, -0.25) is 4.90 Å². The molecule has 20 heavy (non-hydrogen) atoms. The number of nitrogens with one attached hydrogen (secondary N) is 1. The maximum absolute atomic E-state index is 5.88. The van der Waals surface area contributed by atoms with Crippen molar-refractivity contribution in [3.05, 3.63) is 23.2 Å². The van der Waals surface area contributed by atoms with E-state index in [0.717, 1.165) is 36.4 Å². The molecule has 1 aromatic rings. The summed E-state index contributed by atoms with van der Waals surface area (Å²) in [4.78, 5) is 2.63. The van der Waals surface area contributed by atoms with Crippen molar-refractivity contribution in [2.75, 3.05) is 13.1 Å². The summed E-state index contributed by atoms with van der Waals surface area (Å²) >= 11 is 0. The van der Waals surface area contributed by atoms with Crippen molar-refractivity contribution < 1.29 is 4.42 Å². The van der Waals surface area contributed by atoms with Crippen LogP contribution in [0.4, 0.5) is 0 Å². The van der Waals surface area contributed by atoms with E-state index < -0.39 is 0 Å². The standard InChI is InChI=1S/C17H28N2O/c1-12(2)18-8-17-7-16(13(3)20-17)11-19-9-14-5-4-6-15(14)10-19/h7,12,14-15,18H,4-6,8-11H2,1-3H3. The van der Waals surface area contributed by atoms with Crippen LogP contribution in [0.3, 0.4) is 0 Å². The topological polar surface area (TPSA) is 28.4 Å². The molecule has 0 spiro atoms. The highest BCUT2D eigenvalue weighted by molar-refractivity contribution is 5.21. The van der Waals surface area contributed by atoms with Gasteiger partial charge >= 0.3 is 0 Å². The SMILES string of the molecule is Cc1oc(CNC(C)C)cc1CN1CC2CCCC2C1. The minimum absolute atomic E-state index is 0.502. The van der Waals surface area contributed by atoms with E-state index in [1.54, 1.807) is 0 Å². The molecule has 2 fully saturated rings. The van der Waals surface area contributed by atoms with Gasteiger partial charge in [-0.25, -0.2) is 0 Å². The fourth-order valence-corrected chi connectivity index (χ4v) is 3.84. The Kier molecular flexibility index (Phi) is 4.18. The smallest absolute Gasteiger partial charge is 0.118 e. The van der Waals surface area contributed by atoms with Crippen LogP contribution in [-0.2, 0) is 13.1 Å². The van der Waals surface area contributed by atoms with Gasteiger partial charge in [0.2, 0.25) is 0 Å². The zero-order valence-electron chi connectivity index (χ0n) is 13.1. The van der Waals surface area contributed by atoms with Gasteiger partial charge in [-0.05, 0) is 37.7 Å². The van der Waals surface area contributed by atoms with Gasteiger partial charge in [-0.15, -0.1) is 0 Å². The molecule has 0 amide bonds. The predicted molar refractivity (Wildman–Crippen MR) is 81.5 cm³/mol. The number of likely N-dealkylation sites (tertiary alicyclic amines) is 1. The minimum Gasteiger partial charge on any atom is -0.465 e. The van der Waals surface area contributed by atoms with Crippen LogP contribution in [0.1, 0.15) is 50.2 Å². The molecule has 1 N–H and O–H groups in total. The molecule has 1 aliphatic carbocycles. The second kappa shape index (κ2) is 5.90. The Morgan fingerprint density at radius 2 is 2.00 bits per heavy atom. The first kappa shape index (κ1) is 14.2. The third-order valence-electron chi connectivity index (χ3n) is 4.95. The van der Waals surface area contributed by atoms with Crippen LogP contribution in [0.2, 0.25) is 0 Å². The normalized spacial score (nSPS) is 26.6. The van der Waals surface area contributed by atoms with Gasteiger partial charge in [0.25, 0.3) is 0 Å². The van der Waals surface area contributed by atoms with Crippen molar-refractivity contribution in [1.29, 1.82) is 0 Å². The summed E-state index contributed by atoms with van der Waals surface area (Å²) in [5.41, 5.74) is 1.38. The molecule has 1 aliphatic heterocycles. The first-order valence-corrected chi connectivity index (χ1v) is 8.15. The second-order valence-corrected chi connectivity index (χ2v) is 6.97. The van der Waals surface area contributed by atoms with Gasteiger partial charge in [0.05, 0.1) is 6.54 Å². The number of hydrogen-bond acceptors (Lipinski definition) is 3. The Balaban J connectivity index is 1.57. The molecule has 0 bridgehead atoms. The average molecular weight is 276 g/mol. The average Bonchev–Trinajstić information content (AvgIpc) is 3.03. The largest absolute Gasteiger partial charge is 0.465 e. The van der Waals surface area contributed by atoms with E-state index in [9.17, 15) is 0 Å². The molecular formula is C17H28N2O. The molecule has 1 saturated carbocycles. The Morgan fingerprint density at radius 1 is 1.30 bits per heavy atom. The number of hydrogen-bond donors (Lipinski definition) is 1. The lowest BCUT2D eigenvalue weighted by molar-refractivity contribution is 0.301. The Hall–Kier alpha value is -0.800. The highest BCUT2D eigenvalue weighted by Crippen LogP contribution is 2.38. The van der Waals surface area contributed by atoms with Crippen molar-refractivity contribution in [3.63, 3.8) is 0 Å². The maximum Gasteiger partial charge on any atom is 0.118 e. The van der Waals surface area contributed by atoms with Crippen LogP contribution in [0.15, 0.2) is 10.5 Å². The molecule has 3 heteroatoms. The summed E-state index contributed by atoms with van der Waals surface area (Å²) in [6, 6.07) is 2.75. The van der Waals surface area contributed by atoms with Crippen LogP contribution in [0.5, 0.6) is 0 Å². The third kappa shape index (κ3) is 3.09. The number of nitrogens with zero attached hydrogens (tertiary/aromatic N) is 1. The highest BCUT2D eigenvalue weighted by Gasteiger charge is 2.36. The molecule has 3 nitrogen and oxygen atoms in total. The molecule has 1 aromatic heterocycles. The summed E-state index contributed by atoms with van der Waals surface area (Å²) in [6.45, 7) is 10.9. The van der Waals surface area contributed by atoms with E-state index in [1.165, 1.54) is 37.9 Å². The van der Waals surface area contributed by atoms with E-state index >= 15 is 0 Å². The van der Waals surface area contributed by atoms with E-state index in [0.29, 0.717) is 6.04 Å². The van der Waals surface area contributed by atoms with Gasteiger partial charge < -0.3 is 9.73 Å². The molecule has 2 unspecified atom stereocenters. The van der Waals surface area contributed by atoms with Crippen molar-refractivity contribution in [1.82, 2.24) is 10.2 Å². The molecule has 2 atom stereocenters. The zero-order chi connectivity index (χ0) is 14.1. The molecule has 112 valence electrons. The summed E-state index contributed by atoms with van der Waals surface area (Å²) in [5, 5.41) is 3.42. The van der Waals surface area contributed by atoms with Crippen molar-refractivity contribution in [2.45, 2.75) is 59.2 Å². The van der Waals surface area contributed by atoms with Crippen LogP contribution in [0.25, 0.3) is 0 Å². The van der Waals surface area contributed by atoms with Crippen LogP contribution < -0.4 is 5.32 Å². The zero-order valence-corrected chi connectivity index (χ0v) is 13.1. The summed E-state index contributed by atoms with van der Waals surface area (Å²) in [6.07, 6.45) is 4.36. The van der Waals surface area contributed by atoms with E-state index in [1.807, 2.05) is 0 Å². The fraction of sp³-hybridized carbons (Fsp3) is 0.765. The van der Waals surface area contributed by atoms with Gasteiger partial charge in [0.15, 0.2) is 0 Å². The van der Waals surface area contributed by atoms with Gasteiger partial charge in [0, 0.05) is 31.2 Å².